The van der Waals surface area contributed by atoms with Gasteiger partial charge in [0.05, 0.1) is 6.61 Å². The normalized spacial score (nSPS) is 53.8. The fraction of sp³-hybridized carbons (Fsp3) is 1.00. The molecule has 2 aliphatic rings. The van der Waals surface area contributed by atoms with Gasteiger partial charge in [-0.2, -0.15) is 0 Å². The fourth-order valence-corrected chi connectivity index (χ4v) is 1.69. The average molecular weight is 192 g/mol. The van der Waals surface area contributed by atoms with Crippen molar-refractivity contribution in [2.24, 2.45) is 0 Å². The molecule has 76 valence electrons. The van der Waals surface area contributed by atoms with Crippen molar-refractivity contribution in [1.29, 1.82) is 0 Å². The molecule has 0 saturated carbocycles. The highest BCUT2D eigenvalue weighted by Crippen LogP contribution is 2.40. The van der Waals surface area contributed by atoms with Gasteiger partial charge in [0.2, 0.25) is 5.79 Å². The summed E-state index contributed by atoms with van der Waals surface area (Å²) in [4.78, 5) is 0. The molecule has 2 bridgehead atoms. The summed E-state index contributed by atoms with van der Waals surface area (Å²) in [6.45, 7) is 1.52. The summed E-state index contributed by atoms with van der Waals surface area (Å²) in [7, 11) is 0. The number of hydrogen-bond acceptors (Lipinski definition) is 6. The summed E-state index contributed by atoms with van der Waals surface area (Å²) in [6.07, 6.45) is -4.32. The highest BCUT2D eigenvalue weighted by molar-refractivity contribution is 5.04. The predicted molar refractivity (Wildman–Crippen MR) is 38.4 cm³/mol. The maximum Gasteiger partial charge on any atom is 0.224 e. The molecule has 0 radical (unpaired) electrons. The molecule has 2 rings (SSSR count). The van der Waals surface area contributed by atoms with Crippen LogP contribution in [0.3, 0.4) is 0 Å². The van der Waals surface area contributed by atoms with Crippen LogP contribution < -0.4 is 0 Å². The topological polar surface area (TPSA) is 99.4 Å². The molecule has 2 heterocycles. The second-order valence-electron chi connectivity index (χ2n) is 3.74. The summed E-state index contributed by atoms with van der Waals surface area (Å²) in [5.41, 5.74) is -1.16. The van der Waals surface area contributed by atoms with Crippen molar-refractivity contribution >= 4 is 0 Å². The van der Waals surface area contributed by atoms with Crippen LogP contribution in [0.15, 0.2) is 0 Å². The molecule has 13 heavy (non-hydrogen) atoms. The molecule has 0 amide bonds. The van der Waals surface area contributed by atoms with Crippen LogP contribution in [-0.2, 0) is 9.47 Å². The third-order valence-electron chi connectivity index (χ3n) is 2.59. The SMILES string of the molecule is C[C@]12CO[C@H](O1)[C@H](O)C(O)(O)[C@H]2O. The van der Waals surface area contributed by atoms with Crippen molar-refractivity contribution < 1.29 is 29.9 Å². The van der Waals surface area contributed by atoms with Gasteiger partial charge in [-0.15, -0.1) is 0 Å². The van der Waals surface area contributed by atoms with Crippen molar-refractivity contribution in [3.63, 3.8) is 0 Å². The van der Waals surface area contributed by atoms with E-state index >= 15 is 0 Å². The lowest BCUT2D eigenvalue weighted by atomic mass is 9.88. The number of aliphatic hydroxyl groups excluding tert-OH is 2. The van der Waals surface area contributed by atoms with E-state index in [9.17, 15) is 20.4 Å². The molecule has 0 aromatic carbocycles. The van der Waals surface area contributed by atoms with Gasteiger partial charge in [0.25, 0.3) is 0 Å². The Morgan fingerprint density at radius 2 is 1.92 bits per heavy atom. The first kappa shape index (κ1) is 9.32. The standard InChI is InChI=1S/C7H12O6/c1-6-2-12-4(13-6)3(8)7(10,11)5(6)9/h3-5,8-11H,2H2,1H3/t3-,4+,5-,6+/m0/s1. The van der Waals surface area contributed by atoms with Gasteiger partial charge < -0.3 is 29.9 Å². The second kappa shape index (κ2) is 2.41. The minimum atomic E-state index is -2.58. The van der Waals surface area contributed by atoms with Gasteiger partial charge in [-0.05, 0) is 6.92 Å². The number of ether oxygens (including phenoxy) is 2. The highest BCUT2D eigenvalue weighted by atomic mass is 16.8. The van der Waals surface area contributed by atoms with E-state index in [1.165, 1.54) is 6.92 Å². The van der Waals surface area contributed by atoms with E-state index in [4.69, 9.17) is 9.47 Å². The van der Waals surface area contributed by atoms with Gasteiger partial charge in [0, 0.05) is 0 Å². The number of aliphatic hydroxyl groups is 4. The molecule has 2 fully saturated rings. The van der Waals surface area contributed by atoms with Crippen LogP contribution in [0.2, 0.25) is 0 Å². The lowest BCUT2D eigenvalue weighted by Crippen LogP contribution is -2.67. The third kappa shape index (κ3) is 1.04. The Morgan fingerprint density at radius 3 is 2.54 bits per heavy atom. The predicted octanol–water partition coefficient (Wildman–Crippen LogP) is -2.47. The van der Waals surface area contributed by atoms with Crippen molar-refractivity contribution in [2.75, 3.05) is 6.61 Å². The Morgan fingerprint density at radius 1 is 1.31 bits per heavy atom. The minimum Gasteiger partial charge on any atom is -0.384 e. The monoisotopic (exact) mass is 192 g/mol. The van der Waals surface area contributed by atoms with Crippen LogP contribution in [-0.4, -0.2) is 56.9 Å². The van der Waals surface area contributed by atoms with Crippen molar-refractivity contribution in [3.05, 3.63) is 0 Å². The molecule has 4 N–H and O–H groups in total. The van der Waals surface area contributed by atoms with Crippen LogP contribution in [0.4, 0.5) is 0 Å². The molecule has 2 aliphatic heterocycles. The average Bonchev–Trinajstić information content (AvgIpc) is 2.43. The van der Waals surface area contributed by atoms with Crippen molar-refractivity contribution in [3.8, 4) is 0 Å². The molecule has 4 atom stereocenters. The first-order valence-corrected chi connectivity index (χ1v) is 3.98. The lowest BCUT2D eigenvalue weighted by Gasteiger charge is -2.43. The highest BCUT2D eigenvalue weighted by Gasteiger charge is 2.63. The maximum absolute atomic E-state index is 9.49. The van der Waals surface area contributed by atoms with E-state index in [1.54, 1.807) is 0 Å². The summed E-state index contributed by atoms with van der Waals surface area (Å²) in [5, 5.41) is 37.5. The van der Waals surface area contributed by atoms with Crippen molar-refractivity contribution in [1.82, 2.24) is 0 Å². The molecule has 6 heteroatoms. The Labute approximate surface area is 74.3 Å². The van der Waals surface area contributed by atoms with Crippen LogP contribution in [0.25, 0.3) is 0 Å². The van der Waals surface area contributed by atoms with E-state index in [0.29, 0.717) is 0 Å². The van der Waals surface area contributed by atoms with Gasteiger partial charge in [0.1, 0.15) is 11.7 Å². The van der Waals surface area contributed by atoms with Crippen LogP contribution in [0.5, 0.6) is 0 Å². The number of hydrogen-bond donors (Lipinski definition) is 4. The molecule has 0 spiro atoms. The van der Waals surface area contributed by atoms with E-state index in [1.807, 2.05) is 0 Å². The Hall–Kier alpha value is -0.240. The Balaban J connectivity index is 2.35. The molecule has 6 nitrogen and oxygen atoms in total. The van der Waals surface area contributed by atoms with Crippen molar-refractivity contribution in [2.45, 2.75) is 36.8 Å². The zero-order valence-corrected chi connectivity index (χ0v) is 7.04. The zero-order valence-electron chi connectivity index (χ0n) is 7.04. The van der Waals surface area contributed by atoms with E-state index in [2.05, 4.69) is 0 Å². The summed E-state index contributed by atoms with van der Waals surface area (Å²) in [5.74, 6) is -2.58. The summed E-state index contributed by atoms with van der Waals surface area (Å²) in [6, 6.07) is 0. The van der Waals surface area contributed by atoms with E-state index in [0.717, 1.165) is 0 Å². The lowest BCUT2D eigenvalue weighted by molar-refractivity contribution is -0.366. The first-order valence-electron chi connectivity index (χ1n) is 3.98. The molecule has 2 saturated heterocycles. The maximum atomic E-state index is 9.49. The molecule has 0 unspecified atom stereocenters. The van der Waals surface area contributed by atoms with Gasteiger partial charge in [0.15, 0.2) is 12.4 Å². The fourth-order valence-electron chi connectivity index (χ4n) is 1.69. The minimum absolute atomic E-state index is 0.0266. The summed E-state index contributed by atoms with van der Waals surface area (Å²) >= 11 is 0. The molecule has 0 aromatic heterocycles. The van der Waals surface area contributed by atoms with Gasteiger partial charge in [-0.25, -0.2) is 0 Å². The summed E-state index contributed by atoms with van der Waals surface area (Å²) < 4.78 is 10.0. The third-order valence-corrected chi connectivity index (χ3v) is 2.59. The molecular weight excluding hydrogens is 180 g/mol. The van der Waals surface area contributed by atoms with Crippen LogP contribution in [0.1, 0.15) is 6.92 Å². The molecule has 0 aromatic rings. The number of fused-ring (bicyclic) bond motifs is 2. The molecule has 0 aliphatic carbocycles. The number of rotatable bonds is 0. The van der Waals surface area contributed by atoms with Crippen LogP contribution >= 0.6 is 0 Å². The molecular formula is C7H12O6. The quantitative estimate of drug-likeness (QED) is 0.317. The Bertz CT molecular complexity index is 229. The van der Waals surface area contributed by atoms with Gasteiger partial charge in [-0.1, -0.05) is 0 Å². The second-order valence-corrected chi connectivity index (χ2v) is 3.74. The van der Waals surface area contributed by atoms with E-state index in [-0.39, 0.29) is 6.61 Å². The van der Waals surface area contributed by atoms with Crippen LogP contribution in [0, 0.1) is 0 Å². The smallest absolute Gasteiger partial charge is 0.224 e. The first-order chi connectivity index (χ1) is 5.88. The van der Waals surface area contributed by atoms with E-state index < -0.39 is 29.9 Å². The Kier molecular flexibility index (Phi) is 1.73. The van der Waals surface area contributed by atoms with Gasteiger partial charge >= 0.3 is 0 Å². The zero-order chi connectivity index (χ0) is 9.85. The van der Waals surface area contributed by atoms with Gasteiger partial charge in [-0.3, -0.25) is 0 Å². The largest absolute Gasteiger partial charge is 0.384 e.